The van der Waals surface area contributed by atoms with E-state index >= 15 is 0 Å². The van der Waals surface area contributed by atoms with Crippen molar-refractivity contribution < 1.29 is 28.6 Å². The molecule has 1 unspecified atom stereocenters. The van der Waals surface area contributed by atoms with Crippen LogP contribution < -0.4 is 25.7 Å². The third kappa shape index (κ3) is 9.29. The van der Waals surface area contributed by atoms with Gasteiger partial charge in [0.05, 0.1) is 26.5 Å². The maximum absolute atomic E-state index is 12.4. The quantitative estimate of drug-likeness (QED) is 0.0709. The minimum Gasteiger partial charge on any atom is -0.496 e. The first kappa shape index (κ1) is 42.5. The largest absolute Gasteiger partial charge is 0.496 e. The lowest BCUT2D eigenvalue weighted by atomic mass is 10.0. The lowest BCUT2D eigenvalue weighted by molar-refractivity contribution is 0.150. The molecule has 0 saturated heterocycles. The summed E-state index contributed by atoms with van der Waals surface area (Å²) in [7, 11) is 0.139. The standard InChI is InChI=1S/C42H51IN8O6Si/c1-7-14-30(21-24-57-58(42(2,3)4,31-15-10-8-11-16-31)32-17-12-9-13-18-32)45-38-36-35(46-39(47-38)48-40(52)56-6)37(43)49-51(36)27-29-26-44-33(25-34(29)55-5)28-19-22-50(23-20-28)41(53)54/h8-13,15-19,25-26,30H,7,14,20-24,27H2,1-6H3,(H,53,54)(H2,45,46,47,48,52). The Morgan fingerprint density at radius 1 is 1.02 bits per heavy atom. The number of nitrogens with one attached hydrogen (secondary N) is 2. The molecular formula is C42H51IN8O6Si. The van der Waals surface area contributed by atoms with Gasteiger partial charge in [-0.1, -0.05) is 101 Å². The van der Waals surface area contributed by atoms with Gasteiger partial charge in [0.15, 0.2) is 5.82 Å². The Hall–Kier alpha value is -5.07. The Balaban J connectivity index is 1.33. The van der Waals surface area contributed by atoms with Gasteiger partial charge in [0.2, 0.25) is 5.95 Å². The zero-order valence-electron chi connectivity index (χ0n) is 33.8. The van der Waals surface area contributed by atoms with E-state index in [4.69, 9.17) is 34.0 Å². The summed E-state index contributed by atoms with van der Waals surface area (Å²) >= 11 is 2.15. The monoisotopic (exact) mass is 918 g/mol. The number of rotatable bonds is 15. The molecule has 2 aromatic carbocycles. The molecule has 1 atom stereocenters. The molecule has 1 aliphatic heterocycles. The third-order valence-electron chi connectivity index (χ3n) is 10.4. The van der Waals surface area contributed by atoms with Gasteiger partial charge in [-0.15, -0.1) is 0 Å². The second kappa shape index (κ2) is 18.7. The third-order valence-corrected chi connectivity index (χ3v) is 16.2. The van der Waals surface area contributed by atoms with E-state index in [1.165, 1.54) is 22.4 Å². The van der Waals surface area contributed by atoms with E-state index in [0.717, 1.165) is 29.7 Å². The van der Waals surface area contributed by atoms with Gasteiger partial charge in [-0.2, -0.15) is 10.1 Å². The molecule has 14 nitrogen and oxygen atoms in total. The average molecular weight is 919 g/mol. The first-order chi connectivity index (χ1) is 27.9. The lowest BCUT2D eigenvalue weighted by Crippen LogP contribution is -2.66. The van der Waals surface area contributed by atoms with Crippen LogP contribution in [-0.2, 0) is 15.7 Å². The summed E-state index contributed by atoms with van der Waals surface area (Å²) in [5, 5.41) is 22.9. The van der Waals surface area contributed by atoms with E-state index in [1.807, 2.05) is 29.0 Å². The molecule has 0 saturated carbocycles. The molecule has 5 aromatic rings. The molecule has 58 heavy (non-hydrogen) atoms. The van der Waals surface area contributed by atoms with E-state index in [9.17, 15) is 14.7 Å². The molecule has 4 heterocycles. The van der Waals surface area contributed by atoms with Gasteiger partial charge in [0.1, 0.15) is 20.5 Å². The summed E-state index contributed by atoms with van der Waals surface area (Å²) in [6.45, 7) is 10.5. The number of halogens is 1. The van der Waals surface area contributed by atoms with Crippen LogP contribution in [0.25, 0.3) is 16.6 Å². The highest BCUT2D eigenvalue weighted by atomic mass is 127. The van der Waals surface area contributed by atoms with Gasteiger partial charge in [0, 0.05) is 43.6 Å². The zero-order valence-corrected chi connectivity index (χ0v) is 36.9. The zero-order chi connectivity index (χ0) is 41.5. The van der Waals surface area contributed by atoms with Crippen LogP contribution in [0.15, 0.2) is 79.0 Å². The highest BCUT2D eigenvalue weighted by molar-refractivity contribution is 14.1. The van der Waals surface area contributed by atoms with Crippen molar-refractivity contribution in [1.29, 1.82) is 0 Å². The van der Waals surface area contributed by atoms with Crippen LogP contribution >= 0.6 is 22.6 Å². The number of anilines is 2. The Labute approximate surface area is 353 Å². The van der Waals surface area contributed by atoms with Crippen LogP contribution in [0.1, 0.15) is 64.6 Å². The molecule has 306 valence electrons. The van der Waals surface area contributed by atoms with E-state index in [-0.39, 0.29) is 17.0 Å². The predicted octanol–water partition coefficient (Wildman–Crippen LogP) is 7.38. The van der Waals surface area contributed by atoms with Gasteiger partial charge < -0.3 is 29.2 Å². The number of pyridine rings is 1. The lowest BCUT2D eigenvalue weighted by Gasteiger charge is -2.43. The van der Waals surface area contributed by atoms with Crippen molar-refractivity contribution in [2.75, 3.05) is 44.5 Å². The molecule has 3 aromatic heterocycles. The summed E-state index contributed by atoms with van der Waals surface area (Å²) in [4.78, 5) is 39.4. The molecule has 0 bridgehead atoms. The number of hydrogen-bond donors (Lipinski definition) is 3. The number of nitrogens with zero attached hydrogens (tertiary/aromatic N) is 6. The van der Waals surface area contributed by atoms with Crippen LogP contribution in [-0.4, -0.2) is 95.2 Å². The number of ether oxygens (including phenoxy) is 2. The molecule has 16 heteroatoms. The maximum atomic E-state index is 12.4. The Bertz CT molecular complexity index is 2210. The Morgan fingerprint density at radius 2 is 1.71 bits per heavy atom. The molecule has 0 fully saturated rings. The molecule has 3 N–H and O–H groups in total. The maximum Gasteiger partial charge on any atom is 0.413 e. The fraction of sp³-hybridized carbons (Fsp3) is 0.381. The minimum absolute atomic E-state index is 0.0513. The average Bonchev–Trinajstić information content (AvgIpc) is 3.53. The smallest absolute Gasteiger partial charge is 0.413 e. The first-order valence-corrected chi connectivity index (χ1v) is 22.4. The number of hydrogen-bond acceptors (Lipinski definition) is 10. The molecule has 1 aliphatic rings. The van der Waals surface area contributed by atoms with E-state index in [2.05, 4.69) is 109 Å². The van der Waals surface area contributed by atoms with Crippen molar-refractivity contribution in [2.24, 2.45) is 0 Å². The van der Waals surface area contributed by atoms with Gasteiger partial charge >= 0.3 is 12.2 Å². The van der Waals surface area contributed by atoms with Gasteiger partial charge in [-0.05, 0) is 62.8 Å². The van der Waals surface area contributed by atoms with Crippen molar-refractivity contribution >= 4 is 81.8 Å². The number of benzene rings is 2. The van der Waals surface area contributed by atoms with Crippen LogP contribution in [0, 0.1) is 3.70 Å². The second-order valence-electron chi connectivity index (χ2n) is 15.2. The van der Waals surface area contributed by atoms with Crippen molar-refractivity contribution in [3.63, 3.8) is 0 Å². The van der Waals surface area contributed by atoms with Crippen LogP contribution in [0.5, 0.6) is 5.75 Å². The van der Waals surface area contributed by atoms with Crippen LogP contribution in [0.4, 0.5) is 21.4 Å². The Kier molecular flexibility index (Phi) is 13.7. The molecule has 2 amide bonds. The topological polar surface area (TPSA) is 166 Å². The van der Waals surface area contributed by atoms with Crippen molar-refractivity contribution in [2.45, 2.75) is 71.0 Å². The Morgan fingerprint density at radius 3 is 2.28 bits per heavy atom. The summed E-state index contributed by atoms with van der Waals surface area (Å²) < 4.78 is 20.5. The van der Waals surface area contributed by atoms with E-state index < -0.39 is 20.5 Å². The van der Waals surface area contributed by atoms with E-state index in [0.29, 0.717) is 65.4 Å². The number of carboxylic acid groups (broad SMARTS) is 1. The predicted molar refractivity (Wildman–Crippen MR) is 237 cm³/mol. The minimum atomic E-state index is -2.76. The SMILES string of the molecule is CCCC(CCO[Si](c1ccccc1)(c1ccccc1)C(C)(C)C)Nc1nc(NC(=O)OC)nc2c(I)nn(Cc3cnc(C4=CCN(C(=O)O)CC4)cc3OC)c12. The van der Waals surface area contributed by atoms with Crippen molar-refractivity contribution in [1.82, 2.24) is 29.6 Å². The number of fused-ring (bicyclic) bond motifs is 1. The second-order valence-corrected chi connectivity index (χ2v) is 20.5. The summed E-state index contributed by atoms with van der Waals surface area (Å²) in [6, 6.07) is 23.1. The number of aromatic nitrogens is 5. The van der Waals surface area contributed by atoms with Gasteiger partial charge in [-0.25, -0.2) is 14.6 Å². The van der Waals surface area contributed by atoms with Gasteiger partial charge in [0.25, 0.3) is 8.32 Å². The van der Waals surface area contributed by atoms with Crippen LogP contribution in [0.2, 0.25) is 5.04 Å². The first-order valence-electron chi connectivity index (χ1n) is 19.4. The molecule has 0 spiro atoms. The number of methoxy groups -OCH3 is 2. The molecular weight excluding hydrogens is 868 g/mol. The fourth-order valence-electron chi connectivity index (χ4n) is 7.59. The number of amides is 2. The molecule has 0 radical (unpaired) electrons. The molecule has 0 aliphatic carbocycles. The van der Waals surface area contributed by atoms with Crippen molar-refractivity contribution in [3.05, 3.63) is 94.0 Å². The van der Waals surface area contributed by atoms with Crippen molar-refractivity contribution in [3.8, 4) is 5.75 Å². The normalized spacial score (nSPS) is 13.8. The summed E-state index contributed by atoms with van der Waals surface area (Å²) in [6.07, 6.45) is 5.03. The summed E-state index contributed by atoms with van der Waals surface area (Å²) in [5.41, 5.74) is 3.69. The van der Waals surface area contributed by atoms with E-state index in [1.54, 1.807) is 13.3 Å². The highest BCUT2D eigenvalue weighted by Crippen LogP contribution is 2.37. The number of carbonyl (C=O) groups is 2. The van der Waals surface area contributed by atoms with Gasteiger partial charge in [-0.3, -0.25) is 15.0 Å². The fourth-order valence-corrected chi connectivity index (χ4v) is 12.8. The van der Waals surface area contributed by atoms with Crippen LogP contribution in [0.3, 0.4) is 0 Å². The number of carbonyl (C=O) groups excluding carboxylic acids is 1. The summed E-state index contributed by atoms with van der Waals surface area (Å²) in [5.74, 6) is 1.22. The highest BCUT2D eigenvalue weighted by Gasteiger charge is 2.50. The molecule has 6 rings (SSSR count).